The summed E-state index contributed by atoms with van der Waals surface area (Å²) in [5.41, 5.74) is 3.38. The fourth-order valence-electron chi connectivity index (χ4n) is 3.17. The first-order valence-electron chi connectivity index (χ1n) is 7.34. The number of nitrogens with zero attached hydrogens (tertiary/aromatic N) is 1. The van der Waals surface area contributed by atoms with Gasteiger partial charge in [-0.15, -0.1) is 0 Å². The highest BCUT2D eigenvalue weighted by Crippen LogP contribution is 2.31. The molecule has 3 unspecified atom stereocenters. The van der Waals surface area contributed by atoms with Gasteiger partial charge in [0.1, 0.15) is 5.82 Å². The zero-order chi connectivity index (χ0) is 13.4. The molecule has 1 aliphatic rings. The van der Waals surface area contributed by atoms with Crippen molar-refractivity contribution in [2.75, 3.05) is 5.32 Å². The lowest BCUT2D eigenvalue weighted by atomic mass is 9.80. The Hall–Kier alpha value is -1.51. The lowest BCUT2D eigenvalue weighted by molar-refractivity contribution is 0.281. The van der Waals surface area contributed by atoms with E-state index in [0.29, 0.717) is 6.04 Å². The molecule has 3 rings (SSSR count). The third-order valence-corrected chi connectivity index (χ3v) is 4.41. The van der Waals surface area contributed by atoms with Crippen molar-refractivity contribution in [3.05, 3.63) is 24.0 Å². The van der Waals surface area contributed by atoms with Crippen molar-refractivity contribution in [3.63, 3.8) is 0 Å². The lowest BCUT2D eigenvalue weighted by Crippen LogP contribution is -2.33. The van der Waals surface area contributed by atoms with Crippen LogP contribution < -0.4 is 5.32 Å². The summed E-state index contributed by atoms with van der Waals surface area (Å²) in [5, 5.41) is 3.71. The molecule has 0 saturated heterocycles. The van der Waals surface area contributed by atoms with Crippen molar-refractivity contribution in [2.24, 2.45) is 11.8 Å². The highest BCUT2D eigenvalue weighted by molar-refractivity contribution is 5.79. The van der Waals surface area contributed by atoms with E-state index in [0.717, 1.165) is 28.7 Å². The van der Waals surface area contributed by atoms with Gasteiger partial charge in [-0.25, -0.2) is 4.98 Å². The van der Waals surface area contributed by atoms with Gasteiger partial charge in [-0.3, -0.25) is 0 Å². The Morgan fingerprint density at radius 2 is 2.11 bits per heavy atom. The van der Waals surface area contributed by atoms with Crippen molar-refractivity contribution < 1.29 is 0 Å². The minimum Gasteiger partial charge on any atom is -0.382 e. The van der Waals surface area contributed by atoms with Crippen molar-refractivity contribution in [3.8, 4) is 0 Å². The zero-order valence-corrected chi connectivity index (χ0v) is 12.0. The molecule has 1 aliphatic carbocycles. The molecule has 19 heavy (non-hydrogen) atoms. The summed E-state index contributed by atoms with van der Waals surface area (Å²) in [6.07, 6.45) is 3.99. The van der Waals surface area contributed by atoms with E-state index in [1.165, 1.54) is 24.9 Å². The Labute approximate surface area is 114 Å². The van der Waals surface area contributed by atoms with Crippen LogP contribution in [0.4, 0.5) is 5.69 Å². The van der Waals surface area contributed by atoms with Crippen LogP contribution in [0.3, 0.4) is 0 Å². The van der Waals surface area contributed by atoms with Gasteiger partial charge >= 0.3 is 0 Å². The Kier molecular flexibility index (Phi) is 3.21. The fraction of sp³-hybridized carbons (Fsp3) is 0.562. The molecule has 1 heterocycles. The van der Waals surface area contributed by atoms with Crippen molar-refractivity contribution in [2.45, 2.75) is 46.1 Å². The molecule has 0 radical (unpaired) electrons. The molecular weight excluding hydrogens is 234 g/mol. The molecule has 3 nitrogen and oxygen atoms in total. The monoisotopic (exact) mass is 257 g/mol. The fourth-order valence-corrected chi connectivity index (χ4v) is 3.17. The van der Waals surface area contributed by atoms with Gasteiger partial charge in [0.2, 0.25) is 0 Å². The number of rotatable bonds is 2. The topological polar surface area (TPSA) is 40.7 Å². The van der Waals surface area contributed by atoms with Gasteiger partial charge in [-0.05, 0) is 49.8 Å². The predicted molar refractivity (Wildman–Crippen MR) is 80.4 cm³/mol. The van der Waals surface area contributed by atoms with Crippen LogP contribution in [0.5, 0.6) is 0 Å². The van der Waals surface area contributed by atoms with E-state index < -0.39 is 0 Å². The van der Waals surface area contributed by atoms with Crippen LogP contribution in [0.15, 0.2) is 18.2 Å². The third-order valence-electron chi connectivity index (χ3n) is 4.41. The van der Waals surface area contributed by atoms with Crippen molar-refractivity contribution >= 4 is 16.7 Å². The number of benzene rings is 1. The second-order valence-corrected chi connectivity index (χ2v) is 6.20. The molecule has 1 aromatic carbocycles. The zero-order valence-electron chi connectivity index (χ0n) is 12.0. The Bertz CT molecular complexity index is 572. The average molecular weight is 257 g/mol. The van der Waals surface area contributed by atoms with E-state index in [4.69, 9.17) is 0 Å². The number of aryl methyl sites for hydroxylation is 1. The van der Waals surface area contributed by atoms with Crippen molar-refractivity contribution in [1.82, 2.24) is 9.97 Å². The maximum atomic E-state index is 4.44. The lowest BCUT2D eigenvalue weighted by Gasteiger charge is -2.34. The third kappa shape index (κ3) is 2.60. The summed E-state index contributed by atoms with van der Waals surface area (Å²) in [6, 6.07) is 7.03. The van der Waals surface area contributed by atoms with E-state index >= 15 is 0 Å². The molecule has 2 aromatic rings. The van der Waals surface area contributed by atoms with Gasteiger partial charge in [0.25, 0.3) is 0 Å². The standard InChI is InChI=1S/C16H23N3/c1-10-4-5-11(2)15(8-10)19-13-6-7-14-16(9-13)18-12(3)17-14/h6-7,9-11,15,19H,4-5,8H2,1-3H3,(H,17,18). The molecular formula is C16H23N3. The Balaban J connectivity index is 1.80. The first-order valence-corrected chi connectivity index (χ1v) is 7.34. The van der Waals surface area contributed by atoms with E-state index in [9.17, 15) is 0 Å². The first-order chi connectivity index (χ1) is 9.11. The normalized spacial score (nSPS) is 27.6. The maximum absolute atomic E-state index is 4.44. The van der Waals surface area contributed by atoms with Crippen LogP contribution in [0, 0.1) is 18.8 Å². The van der Waals surface area contributed by atoms with Gasteiger partial charge in [0.05, 0.1) is 11.0 Å². The van der Waals surface area contributed by atoms with Gasteiger partial charge in [-0.1, -0.05) is 20.3 Å². The number of fused-ring (bicyclic) bond motifs is 1. The number of anilines is 1. The minimum absolute atomic E-state index is 0.602. The maximum Gasteiger partial charge on any atom is 0.104 e. The van der Waals surface area contributed by atoms with Crippen LogP contribution in [-0.4, -0.2) is 16.0 Å². The van der Waals surface area contributed by atoms with Gasteiger partial charge in [0.15, 0.2) is 0 Å². The number of nitrogens with one attached hydrogen (secondary N) is 2. The van der Waals surface area contributed by atoms with E-state index in [2.05, 4.69) is 47.3 Å². The Morgan fingerprint density at radius 1 is 1.26 bits per heavy atom. The smallest absolute Gasteiger partial charge is 0.104 e. The van der Waals surface area contributed by atoms with E-state index in [-0.39, 0.29) is 0 Å². The Morgan fingerprint density at radius 3 is 2.95 bits per heavy atom. The molecule has 3 atom stereocenters. The second kappa shape index (κ2) is 4.87. The molecule has 2 N–H and O–H groups in total. The number of imidazole rings is 1. The van der Waals surface area contributed by atoms with Crippen LogP contribution in [-0.2, 0) is 0 Å². The summed E-state index contributed by atoms with van der Waals surface area (Å²) >= 11 is 0. The quantitative estimate of drug-likeness (QED) is 0.850. The van der Waals surface area contributed by atoms with E-state index in [1.54, 1.807) is 0 Å². The largest absolute Gasteiger partial charge is 0.382 e. The molecule has 0 bridgehead atoms. The molecule has 102 valence electrons. The number of aromatic nitrogens is 2. The molecule has 1 saturated carbocycles. The first kappa shape index (κ1) is 12.5. The van der Waals surface area contributed by atoms with Crippen LogP contribution in [0.25, 0.3) is 11.0 Å². The van der Waals surface area contributed by atoms with Crippen LogP contribution >= 0.6 is 0 Å². The highest BCUT2D eigenvalue weighted by Gasteiger charge is 2.25. The summed E-state index contributed by atoms with van der Waals surface area (Å²) in [6.45, 7) is 6.72. The number of H-pyrrole nitrogens is 1. The second-order valence-electron chi connectivity index (χ2n) is 6.20. The SMILES string of the molecule is Cc1nc2ccc(NC3CC(C)CCC3C)cc2[nH]1. The molecule has 0 amide bonds. The van der Waals surface area contributed by atoms with Gasteiger partial charge in [-0.2, -0.15) is 0 Å². The minimum atomic E-state index is 0.602. The molecule has 1 fully saturated rings. The summed E-state index contributed by atoms with van der Waals surface area (Å²) < 4.78 is 0. The van der Waals surface area contributed by atoms with Gasteiger partial charge in [0, 0.05) is 11.7 Å². The summed E-state index contributed by atoms with van der Waals surface area (Å²) in [5.74, 6) is 2.58. The highest BCUT2D eigenvalue weighted by atomic mass is 14.9. The molecule has 1 aromatic heterocycles. The number of hydrogen-bond donors (Lipinski definition) is 2. The predicted octanol–water partition coefficient (Wildman–Crippen LogP) is 4.11. The van der Waals surface area contributed by atoms with Crippen molar-refractivity contribution in [1.29, 1.82) is 0 Å². The van der Waals surface area contributed by atoms with Crippen LogP contribution in [0.2, 0.25) is 0 Å². The number of hydrogen-bond acceptors (Lipinski definition) is 2. The van der Waals surface area contributed by atoms with E-state index in [1.807, 2.05) is 6.92 Å². The average Bonchev–Trinajstić information content (AvgIpc) is 2.73. The molecule has 0 aliphatic heterocycles. The van der Waals surface area contributed by atoms with Gasteiger partial charge < -0.3 is 10.3 Å². The van der Waals surface area contributed by atoms with Crippen LogP contribution in [0.1, 0.15) is 38.9 Å². The number of aromatic amines is 1. The molecule has 3 heteroatoms. The summed E-state index contributed by atoms with van der Waals surface area (Å²) in [4.78, 5) is 7.75. The molecule has 0 spiro atoms. The summed E-state index contributed by atoms with van der Waals surface area (Å²) in [7, 11) is 0.